The smallest absolute Gasteiger partial charge is 0.293 e. The lowest BCUT2D eigenvalue weighted by Crippen LogP contribution is -2.37. The molecule has 2 fully saturated rings. The van der Waals surface area contributed by atoms with E-state index in [1.807, 2.05) is 4.90 Å². The third kappa shape index (κ3) is 2.51. The largest absolute Gasteiger partial charge is 0.355 e. The Morgan fingerprint density at radius 2 is 2.08 bits per heavy atom. The van der Waals surface area contributed by atoms with Crippen molar-refractivity contribution >= 4 is 22.5 Å². The van der Waals surface area contributed by atoms with Crippen molar-refractivity contribution in [3.8, 4) is 0 Å². The number of hydrogen-bond acceptors (Lipinski definition) is 3. The molecule has 1 saturated carbocycles. The molecule has 1 aromatic heterocycles. The first kappa shape index (κ1) is 16.1. The SMILES string of the molecule is CC1(C)CC2CC(C)(CN2C(=O)c2c[nH]c3c([N+](=O)[O-])cccc23)C1. The summed E-state index contributed by atoms with van der Waals surface area (Å²) in [5.74, 6) is -0.0156. The number of rotatable bonds is 2. The number of nitrogens with one attached hydrogen (secondary N) is 1. The van der Waals surface area contributed by atoms with E-state index in [0.717, 1.165) is 25.8 Å². The van der Waals surface area contributed by atoms with E-state index in [4.69, 9.17) is 0 Å². The fraction of sp³-hybridized carbons (Fsp3) is 0.526. The molecule has 25 heavy (non-hydrogen) atoms. The van der Waals surface area contributed by atoms with Gasteiger partial charge in [-0.1, -0.05) is 32.9 Å². The summed E-state index contributed by atoms with van der Waals surface area (Å²) in [7, 11) is 0. The molecule has 1 saturated heterocycles. The first-order chi connectivity index (χ1) is 11.7. The second-order valence-electron chi connectivity index (χ2n) is 8.81. The van der Waals surface area contributed by atoms with E-state index < -0.39 is 4.92 Å². The molecule has 4 rings (SSSR count). The van der Waals surface area contributed by atoms with Crippen molar-refractivity contribution in [2.75, 3.05) is 6.54 Å². The average Bonchev–Trinajstić information content (AvgIpc) is 3.03. The molecule has 1 N–H and O–H groups in total. The van der Waals surface area contributed by atoms with Gasteiger partial charge in [0.1, 0.15) is 5.52 Å². The minimum Gasteiger partial charge on any atom is -0.355 e. The Labute approximate surface area is 146 Å². The van der Waals surface area contributed by atoms with Crippen molar-refractivity contribution in [1.29, 1.82) is 0 Å². The predicted molar refractivity (Wildman–Crippen MR) is 95.5 cm³/mol. The van der Waals surface area contributed by atoms with Crippen LogP contribution in [0.25, 0.3) is 10.9 Å². The van der Waals surface area contributed by atoms with E-state index in [2.05, 4.69) is 25.8 Å². The van der Waals surface area contributed by atoms with Crippen molar-refractivity contribution in [2.24, 2.45) is 10.8 Å². The van der Waals surface area contributed by atoms with Crippen molar-refractivity contribution in [1.82, 2.24) is 9.88 Å². The van der Waals surface area contributed by atoms with Gasteiger partial charge in [-0.15, -0.1) is 0 Å². The van der Waals surface area contributed by atoms with Crippen LogP contribution in [0.15, 0.2) is 24.4 Å². The molecular formula is C19H23N3O3. The molecule has 2 atom stereocenters. The van der Waals surface area contributed by atoms with E-state index >= 15 is 0 Å². The standard InChI is InChI=1S/C19H23N3O3/c1-18(2)7-12-8-19(3,10-18)11-21(12)17(23)14-9-20-16-13(14)5-4-6-15(16)22(24)25/h4-6,9,12,20H,7-8,10-11H2,1-3H3. The van der Waals surface area contributed by atoms with Crippen LogP contribution in [0, 0.1) is 20.9 Å². The Balaban J connectivity index is 1.72. The zero-order chi connectivity index (χ0) is 18.0. The number of aromatic amines is 1. The molecular weight excluding hydrogens is 318 g/mol. The van der Waals surface area contributed by atoms with E-state index in [1.165, 1.54) is 6.07 Å². The number of nitro benzene ring substituents is 1. The van der Waals surface area contributed by atoms with Gasteiger partial charge >= 0.3 is 0 Å². The number of nitro groups is 1. The number of likely N-dealkylation sites (tertiary alicyclic amines) is 1. The minimum absolute atomic E-state index is 0.00445. The molecule has 1 aliphatic heterocycles. The summed E-state index contributed by atoms with van der Waals surface area (Å²) in [4.78, 5) is 29.0. The van der Waals surface area contributed by atoms with Crippen LogP contribution >= 0.6 is 0 Å². The van der Waals surface area contributed by atoms with Gasteiger partial charge in [0, 0.05) is 30.2 Å². The number of para-hydroxylation sites is 1. The lowest BCUT2D eigenvalue weighted by Gasteiger charge is -2.39. The van der Waals surface area contributed by atoms with E-state index in [1.54, 1.807) is 18.3 Å². The Morgan fingerprint density at radius 1 is 1.32 bits per heavy atom. The summed E-state index contributed by atoms with van der Waals surface area (Å²) in [6.45, 7) is 7.59. The number of nitrogens with zero attached hydrogens (tertiary/aromatic N) is 2. The van der Waals surface area contributed by atoms with Gasteiger partial charge in [0.05, 0.1) is 10.5 Å². The van der Waals surface area contributed by atoms with Crippen molar-refractivity contribution in [3.63, 3.8) is 0 Å². The summed E-state index contributed by atoms with van der Waals surface area (Å²) in [6, 6.07) is 5.13. The van der Waals surface area contributed by atoms with Crippen molar-refractivity contribution < 1.29 is 9.72 Å². The van der Waals surface area contributed by atoms with E-state index in [0.29, 0.717) is 16.5 Å². The van der Waals surface area contributed by atoms with Crippen LogP contribution in [0.5, 0.6) is 0 Å². The monoisotopic (exact) mass is 341 g/mol. The van der Waals surface area contributed by atoms with Crippen LogP contribution in [0.4, 0.5) is 5.69 Å². The molecule has 1 aliphatic carbocycles. The van der Waals surface area contributed by atoms with Crippen molar-refractivity contribution in [2.45, 2.75) is 46.1 Å². The van der Waals surface area contributed by atoms with Gasteiger partial charge in [0.15, 0.2) is 0 Å². The van der Waals surface area contributed by atoms with Gasteiger partial charge < -0.3 is 9.88 Å². The summed E-state index contributed by atoms with van der Waals surface area (Å²) in [5.41, 5.74) is 1.37. The molecule has 2 heterocycles. The van der Waals surface area contributed by atoms with Crippen molar-refractivity contribution in [3.05, 3.63) is 40.1 Å². The second kappa shape index (κ2) is 5.07. The molecule has 2 aliphatic rings. The molecule has 1 amide bonds. The number of hydrogen-bond donors (Lipinski definition) is 1. The predicted octanol–water partition coefficient (Wildman–Crippen LogP) is 4.12. The van der Waals surface area contributed by atoms with Crippen LogP contribution < -0.4 is 0 Å². The minimum atomic E-state index is -0.417. The lowest BCUT2D eigenvalue weighted by molar-refractivity contribution is -0.383. The van der Waals surface area contributed by atoms with E-state index in [9.17, 15) is 14.9 Å². The molecule has 6 nitrogen and oxygen atoms in total. The van der Waals surface area contributed by atoms with Gasteiger partial charge in [-0.2, -0.15) is 0 Å². The second-order valence-corrected chi connectivity index (χ2v) is 8.81. The van der Waals surface area contributed by atoms with Gasteiger partial charge in [-0.3, -0.25) is 14.9 Å². The highest BCUT2D eigenvalue weighted by Gasteiger charge is 2.51. The number of H-pyrrole nitrogens is 1. The molecule has 2 unspecified atom stereocenters. The fourth-order valence-corrected chi connectivity index (χ4v) is 5.32. The lowest BCUT2D eigenvalue weighted by atomic mass is 9.65. The van der Waals surface area contributed by atoms with Crippen LogP contribution in [0.2, 0.25) is 0 Å². The van der Waals surface area contributed by atoms with E-state index in [-0.39, 0.29) is 28.5 Å². The summed E-state index contributed by atoms with van der Waals surface area (Å²) in [5, 5.41) is 11.8. The Hall–Kier alpha value is -2.37. The molecule has 2 bridgehead atoms. The zero-order valence-corrected chi connectivity index (χ0v) is 14.8. The number of benzene rings is 1. The van der Waals surface area contributed by atoms with Gasteiger partial charge in [-0.05, 0) is 30.1 Å². The molecule has 0 radical (unpaired) electrons. The van der Waals surface area contributed by atoms with Gasteiger partial charge in [0.25, 0.3) is 11.6 Å². The highest BCUT2D eigenvalue weighted by Crippen LogP contribution is 2.52. The van der Waals surface area contributed by atoms with Crippen LogP contribution in [-0.4, -0.2) is 33.3 Å². The van der Waals surface area contributed by atoms with Gasteiger partial charge in [0.2, 0.25) is 0 Å². The summed E-state index contributed by atoms with van der Waals surface area (Å²) in [6.07, 6.45) is 4.80. The molecule has 1 aromatic carbocycles. The fourth-order valence-electron chi connectivity index (χ4n) is 5.32. The third-order valence-electron chi connectivity index (χ3n) is 5.80. The topological polar surface area (TPSA) is 79.2 Å². The van der Waals surface area contributed by atoms with Gasteiger partial charge in [-0.25, -0.2) is 0 Å². The number of fused-ring (bicyclic) bond motifs is 3. The zero-order valence-electron chi connectivity index (χ0n) is 14.8. The Kier molecular flexibility index (Phi) is 3.27. The first-order valence-corrected chi connectivity index (χ1v) is 8.75. The number of carbonyl (C=O) groups excluding carboxylic acids is 1. The highest BCUT2D eigenvalue weighted by molar-refractivity contribution is 6.08. The Bertz CT molecular complexity index is 885. The third-order valence-corrected chi connectivity index (χ3v) is 5.80. The van der Waals surface area contributed by atoms with Crippen LogP contribution in [-0.2, 0) is 0 Å². The number of carbonyl (C=O) groups is 1. The normalized spacial score (nSPS) is 27.6. The number of amides is 1. The average molecular weight is 341 g/mol. The molecule has 0 spiro atoms. The highest BCUT2D eigenvalue weighted by atomic mass is 16.6. The maximum Gasteiger partial charge on any atom is 0.293 e. The summed E-state index contributed by atoms with van der Waals surface area (Å²) < 4.78 is 0. The molecule has 132 valence electrons. The quantitative estimate of drug-likeness (QED) is 0.659. The maximum absolute atomic E-state index is 13.2. The molecule has 6 heteroatoms. The molecule has 2 aromatic rings. The number of aromatic nitrogens is 1. The maximum atomic E-state index is 13.2. The summed E-state index contributed by atoms with van der Waals surface area (Å²) >= 11 is 0. The van der Waals surface area contributed by atoms with Crippen LogP contribution in [0.3, 0.4) is 0 Å². The first-order valence-electron chi connectivity index (χ1n) is 8.75. The number of non-ortho nitro benzene ring substituents is 1. The Morgan fingerprint density at radius 3 is 2.80 bits per heavy atom. The van der Waals surface area contributed by atoms with Crippen LogP contribution in [0.1, 0.15) is 50.4 Å².